The van der Waals surface area contributed by atoms with Gasteiger partial charge in [-0.1, -0.05) is 12.1 Å². The molecule has 3 heterocycles. The van der Waals surface area contributed by atoms with Crippen LogP contribution < -0.4 is 5.73 Å². The first-order chi connectivity index (χ1) is 14.9. The first kappa shape index (κ1) is 20.0. The monoisotopic (exact) mass is 422 g/mol. The van der Waals surface area contributed by atoms with Crippen LogP contribution in [0.2, 0.25) is 0 Å². The molecule has 0 saturated heterocycles. The summed E-state index contributed by atoms with van der Waals surface area (Å²) in [6.45, 7) is 6.58. The Hall–Kier alpha value is -2.93. The number of halogens is 1. The van der Waals surface area contributed by atoms with E-state index in [1.807, 2.05) is 32.9 Å². The van der Waals surface area contributed by atoms with Crippen molar-refractivity contribution in [3.63, 3.8) is 0 Å². The number of pyridine rings is 1. The number of benzene rings is 1. The Morgan fingerprint density at radius 3 is 2.84 bits per heavy atom. The summed E-state index contributed by atoms with van der Waals surface area (Å²) in [7, 11) is 0. The molecule has 3 aromatic rings. The van der Waals surface area contributed by atoms with Crippen LogP contribution in [0.25, 0.3) is 11.0 Å². The Morgan fingerprint density at radius 2 is 2.16 bits per heavy atom. The van der Waals surface area contributed by atoms with Crippen LogP contribution in [0.15, 0.2) is 24.3 Å². The van der Waals surface area contributed by atoms with Crippen molar-refractivity contribution in [3.8, 4) is 0 Å². The van der Waals surface area contributed by atoms with Gasteiger partial charge in [-0.3, -0.25) is 4.79 Å². The molecule has 2 atom stereocenters. The third-order valence-electron chi connectivity index (χ3n) is 6.65. The highest BCUT2D eigenvalue weighted by Crippen LogP contribution is 2.41. The standard InChI is InChI=1S/C24H27FN4O2/c1-4-29(12(2)16-8-7-15(9-18(16)25)14-5-6-14)24(30)20-10-19-22(27-20)17-11-31-13(3)21(17)23(26)28-19/h7-10,12-14,27H,4-6,11H2,1-3H3,(H2,26,28)/t12-,13-/m1/s1. The molecule has 2 aromatic heterocycles. The second-order valence-corrected chi connectivity index (χ2v) is 8.61. The summed E-state index contributed by atoms with van der Waals surface area (Å²) < 4.78 is 20.6. The average molecular weight is 423 g/mol. The van der Waals surface area contributed by atoms with Crippen molar-refractivity contribution >= 4 is 22.8 Å². The highest BCUT2D eigenvalue weighted by molar-refractivity contribution is 5.98. The van der Waals surface area contributed by atoms with Crippen molar-refractivity contribution in [1.29, 1.82) is 0 Å². The quantitative estimate of drug-likeness (QED) is 0.608. The van der Waals surface area contributed by atoms with Gasteiger partial charge in [-0.05, 0) is 57.2 Å². The molecule has 1 fully saturated rings. The number of aromatic amines is 1. The number of H-pyrrole nitrogens is 1. The topological polar surface area (TPSA) is 84.2 Å². The van der Waals surface area contributed by atoms with Gasteiger partial charge in [-0.15, -0.1) is 0 Å². The molecule has 6 nitrogen and oxygen atoms in total. The number of nitrogens with two attached hydrogens (primary N) is 1. The normalized spacial score (nSPS) is 18.9. The largest absolute Gasteiger partial charge is 0.383 e. The van der Waals surface area contributed by atoms with Gasteiger partial charge in [0.2, 0.25) is 0 Å². The molecule has 162 valence electrons. The lowest BCUT2D eigenvalue weighted by Gasteiger charge is -2.28. The lowest BCUT2D eigenvalue weighted by molar-refractivity contribution is 0.0694. The van der Waals surface area contributed by atoms with E-state index in [0.717, 1.165) is 35.0 Å². The minimum absolute atomic E-state index is 0.122. The summed E-state index contributed by atoms with van der Waals surface area (Å²) in [4.78, 5) is 22.8. The Kier molecular flexibility index (Phi) is 4.73. The van der Waals surface area contributed by atoms with Crippen LogP contribution in [0.5, 0.6) is 0 Å². The van der Waals surface area contributed by atoms with Crippen LogP contribution in [0.1, 0.15) is 84.4 Å². The highest BCUT2D eigenvalue weighted by Gasteiger charge is 2.30. The number of nitrogens with one attached hydrogen (secondary N) is 1. The van der Waals surface area contributed by atoms with Gasteiger partial charge in [0.1, 0.15) is 17.3 Å². The SMILES string of the molecule is CCN(C(=O)c1cc2nc(N)c3c(c2[nH]1)CO[C@@H]3C)[C@H](C)c1ccc(C2CC2)cc1F. The van der Waals surface area contributed by atoms with Gasteiger partial charge >= 0.3 is 0 Å². The number of anilines is 1. The fraction of sp³-hybridized carbons (Fsp3) is 0.417. The molecule has 0 unspecified atom stereocenters. The van der Waals surface area contributed by atoms with Crippen molar-refractivity contribution in [2.75, 3.05) is 12.3 Å². The van der Waals surface area contributed by atoms with Gasteiger partial charge in [-0.25, -0.2) is 9.37 Å². The van der Waals surface area contributed by atoms with Crippen LogP contribution in [-0.4, -0.2) is 27.3 Å². The maximum Gasteiger partial charge on any atom is 0.270 e. The fourth-order valence-corrected chi connectivity index (χ4v) is 4.72. The van der Waals surface area contributed by atoms with E-state index in [4.69, 9.17) is 10.5 Å². The molecule has 1 aliphatic carbocycles. The van der Waals surface area contributed by atoms with Gasteiger partial charge < -0.3 is 20.4 Å². The summed E-state index contributed by atoms with van der Waals surface area (Å²) >= 11 is 0. The second kappa shape index (κ2) is 7.34. The van der Waals surface area contributed by atoms with E-state index < -0.39 is 6.04 Å². The molecular weight excluding hydrogens is 395 g/mol. The summed E-state index contributed by atoms with van der Waals surface area (Å²) in [6.07, 6.45) is 2.13. The van der Waals surface area contributed by atoms with E-state index in [-0.39, 0.29) is 17.8 Å². The van der Waals surface area contributed by atoms with Gasteiger partial charge in [-0.2, -0.15) is 0 Å². The Labute approximate surface area is 180 Å². The molecule has 1 aromatic carbocycles. The van der Waals surface area contributed by atoms with Gasteiger partial charge in [0, 0.05) is 23.2 Å². The molecule has 2 aliphatic rings. The molecule has 3 N–H and O–H groups in total. The Balaban J connectivity index is 1.47. The summed E-state index contributed by atoms with van der Waals surface area (Å²) in [5.41, 5.74) is 11.4. The molecular formula is C24H27FN4O2. The summed E-state index contributed by atoms with van der Waals surface area (Å²) in [6, 6.07) is 6.76. The lowest BCUT2D eigenvalue weighted by Crippen LogP contribution is -2.34. The number of nitrogens with zero attached hydrogens (tertiary/aromatic N) is 2. The molecule has 1 aliphatic heterocycles. The highest BCUT2D eigenvalue weighted by atomic mass is 19.1. The molecule has 0 bridgehead atoms. The minimum Gasteiger partial charge on any atom is -0.383 e. The van der Waals surface area contributed by atoms with Crippen LogP contribution >= 0.6 is 0 Å². The van der Waals surface area contributed by atoms with E-state index in [9.17, 15) is 9.18 Å². The molecule has 1 amide bonds. The summed E-state index contributed by atoms with van der Waals surface area (Å²) in [5, 5.41) is 0. The molecule has 7 heteroatoms. The molecule has 31 heavy (non-hydrogen) atoms. The molecule has 5 rings (SSSR count). The number of rotatable bonds is 5. The Bertz CT molecular complexity index is 1180. The zero-order valence-electron chi connectivity index (χ0n) is 18.0. The van der Waals surface area contributed by atoms with Crippen LogP contribution in [0, 0.1) is 5.82 Å². The lowest BCUT2D eigenvalue weighted by atomic mass is 10.0. The third-order valence-corrected chi connectivity index (χ3v) is 6.65. The zero-order chi connectivity index (χ0) is 21.9. The smallest absolute Gasteiger partial charge is 0.270 e. The molecule has 0 radical (unpaired) electrons. The average Bonchev–Trinajstić information content (AvgIpc) is 3.39. The third kappa shape index (κ3) is 3.28. The predicted molar refractivity (Wildman–Crippen MR) is 117 cm³/mol. The van der Waals surface area contributed by atoms with E-state index in [2.05, 4.69) is 9.97 Å². The van der Waals surface area contributed by atoms with Crippen LogP contribution in [0.3, 0.4) is 0 Å². The number of aromatic nitrogens is 2. The van der Waals surface area contributed by atoms with Crippen molar-refractivity contribution in [2.45, 2.75) is 58.3 Å². The van der Waals surface area contributed by atoms with Crippen molar-refractivity contribution in [1.82, 2.24) is 14.9 Å². The van der Waals surface area contributed by atoms with Gasteiger partial charge in [0.05, 0.1) is 29.8 Å². The number of amides is 1. The maximum absolute atomic E-state index is 14.9. The van der Waals surface area contributed by atoms with Crippen molar-refractivity contribution in [2.24, 2.45) is 0 Å². The summed E-state index contributed by atoms with van der Waals surface area (Å²) in [5.74, 6) is 0.475. The number of nitrogen functional groups attached to an aromatic ring is 1. The maximum atomic E-state index is 14.9. The predicted octanol–water partition coefficient (Wildman–Crippen LogP) is 4.98. The number of hydrogen-bond acceptors (Lipinski definition) is 4. The van der Waals surface area contributed by atoms with Gasteiger partial charge in [0.15, 0.2) is 0 Å². The first-order valence-electron chi connectivity index (χ1n) is 10.9. The minimum atomic E-state index is -0.399. The zero-order valence-corrected chi connectivity index (χ0v) is 18.0. The van der Waals surface area contributed by atoms with Gasteiger partial charge in [0.25, 0.3) is 5.91 Å². The van der Waals surface area contributed by atoms with E-state index in [1.165, 1.54) is 0 Å². The van der Waals surface area contributed by atoms with Crippen molar-refractivity contribution in [3.05, 3.63) is 58.0 Å². The number of carbonyl (C=O) groups is 1. The van der Waals surface area contributed by atoms with E-state index in [0.29, 0.717) is 41.7 Å². The number of carbonyl (C=O) groups excluding carboxylic acids is 1. The Morgan fingerprint density at radius 1 is 1.39 bits per heavy atom. The van der Waals surface area contributed by atoms with Crippen LogP contribution in [0.4, 0.5) is 10.2 Å². The number of ether oxygens (including phenoxy) is 1. The first-order valence-corrected chi connectivity index (χ1v) is 10.9. The second-order valence-electron chi connectivity index (χ2n) is 8.61. The molecule has 0 spiro atoms. The van der Waals surface area contributed by atoms with E-state index >= 15 is 0 Å². The fourth-order valence-electron chi connectivity index (χ4n) is 4.72. The number of fused-ring (bicyclic) bond motifs is 3. The molecule has 1 saturated carbocycles. The van der Waals surface area contributed by atoms with Crippen molar-refractivity contribution < 1.29 is 13.9 Å². The van der Waals surface area contributed by atoms with Crippen LogP contribution in [-0.2, 0) is 11.3 Å². The number of hydrogen-bond donors (Lipinski definition) is 2. The van der Waals surface area contributed by atoms with E-state index in [1.54, 1.807) is 17.0 Å².